The van der Waals surface area contributed by atoms with Gasteiger partial charge in [-0.3, -0.25) is 4.79 Å². The lowest BCUT2D eigenvalue weighted by molar-refractivity contribution is 0.102. The van der Waals surface area contributed by atoms with Crippen molar-refractivity contribution in [1.29, 1.82) is 0 Å². The lowest BCUT2D eigenvalue weighted by atomic mass is 10.1. The Morgan fingerprint density at radius 2 is 2.18 bits per heavy atom. The zero-order chi connectivity index (χ0) is 12.3. The van der Waals surface area contributed by atoms with Crippen molar-refractivity contribution in [2.24, 2.45) is 0 Å². The molecule has 5 nitrogen and oxygen atoms in total. The van der Waals surface area contributed by atoms with Crippen molar-refractivity contribution in [3.05, 3.63) is 47.7 Å². The molecule has 0 spiro atoms. The molecular weight excluding hydrogens is 216 g/mol. The summed E-state index contributed by atoms with van der Waals surface area (Å²) in [5, 5.41) is 10.1. The van der Waals surface area contributed by atoms with Crippen LogP contribution in [0.1, 0.15) is 15.9 Å². The molecule has 17 heavy (non-hydrogen) atoms. The monoisotopic (exact) mass is 228 g/mol. The Hall–Kier alpha value is -2.43. The highest BCUT2D eigenvalue weighted by Crippen LogP contribution is 2.15. The molecular formula is C12H12N4O. The van der Waals surface area contributed by atoms with Crippen LogP contribution in [0.25, 0.3) is 0 Å². The fourth-order valence-corrected chi connectivity index (χ4v) is 1.44. The smallest absolute Gasteiger partial charge is 0.258 e. The standard InChI is InChI=1S/C12H12N4O/c1-8-4-5-9(10(13)7-8)12(17)15-11-3-2-6-14-16-11/h2-7H,13H2,1H3,(H,15,16,17). The average Bonchev–Trinajstić information content (AvgIpc) is 2.30. The maximum absolute atomic E-state index is 11.9. The highest BCUT2D eigenvalue weighted by molar-refractivity contribution is 6.07. The molecule has 1 aromatic heterocycles. The number of carbonyl (C=O) groups is 1. The van der Waals surface area contributed by atoms with Crippen LogP contribution in [0.15, 0.2) is 36.5 Å². The van der Waals surface area contributed by atoms with E-state index in [0.29, 0.717) is 17.1 Å². The Balaban J connectivity index is 2.21. The van der Waals surface area contributed by atoms with E-state index in [1.807, 2.05) is 13.0 Å². The molecule has 0 atom stereocenters. The summed E-state index contributed by atoms with van der Waals surface area (Å²) in [6.07, 6.45) is 1.54. The lowest BCUT2D eigenvalue weighted by Crippen LogP contribution is -2.15. The SMILES string of the molecule is Cc1ccc(C(=O)Nc2cccnn2)c(N)c1. The van der Waals surface area contributed by atoms with Gasteiger partial charge in [0, 0.05) is 11.9 Å². The average molecular weight is 228 g/mol. The molecule has 2 aromatic rings. The van der Waals surface area contributed by atoms with Crippen molar-refractivity contribution in [2.45, 2.75) is 6.92 Å². The van der Waals surface area contributed by atoms with Crippen LogP contribution < -0.4 is 11.1 Å². The van der Waals surface area contributed by atoms with Gasteiger partial charge in [0.2, 0.25) is 0 Å². The van der Waals surface area contributed by atoms with E-state index in [9.17, 15) is 4.79 Å². The number of amides is 1. The number of anilines is 2. The summed E-state index contributed by atoms with van der Waals surface area (Å²) in [6, 6.07) is 8.64. The second-order valence-electron chi connectivity index (χ2n) is 3.65. The minimum absolute atomic E-state index is 0.289. The van der Waals surface area contributed by atoms with Gasteiger partial charge in [0.1, 0.15) is 0 Å². The first-order chi connectivity index (χ1) is 8.16. The Kier molecular flexibility index (Phi) is 3.00. The second-order valence-corrected chi connectivity index (χ2v) is 3.65. The van der Waals surface area contributed by atoms with Crippen LogP contribution in [0.3, 0.4) is 0 Å². The van der Waals surface area contributed by atoms with Gasteiger partial charge in [0.25, 0.3) is 5.91 Å². The summed E-state index contributed by atoms with van der Waals surface area (Å²) in [7, 11) is 0. The third-order valence-electron chi connectivity index (χ3n) is 2.27. The Morgan fingerprint density at radius 3 is 2.82 bits per heavy atom. The second kappa shape index (κ2) is 4.61. The van der Waals surface area contributed by atoms with Crippen molar-refractivity contribution in [3.63, 3.8) is 0 Å². The number of nitrogens with zero attached hydrogens (tertiary/aromatic N) is 2. The summed E-state index contributed by atoms with van der Waals surface area (Å²) < 4.78 is 0. The third-order valence-corrected chi connectivity index (χ3v) is 2.27. The summed E-state index contributed by atoms with van der Waals surface area (Å²) in [6.45, 7) is 1.92. The van der Waals surface area contributed by atoms with Crippen molar-refractivity contribution < 1.29 is 4.79 Å². The van der Waals surface area contributed by atoms with Crippen LogP contribution >= 0.6 is 0 Å². The quantitative estimate of drug-likeness (QED) is 0.765. The number of nitrogens with two attached hydrogens (primary N) is 1. The summed E-state index contributed by atoms with van der Waals surface area (Å²) in [5.41, 5.74) is 7.67. The van der Waals surface area contributed by atoms with E-state index < -0.39 is 0 Å². The molecule has 0 radical (unpaired) electrons. The van der Waals surface area contributed by atoms with E-state index in [2.05, 4.69) is 15.5 Å². The highest BCUT2D eigenvalue weighted by Gasteiger charge is 2.10. The molecule has 1 amide bonds. The van der Waals surface area contributed by atoms with Gasteiger partial charge in [0.15, 0.2) is 5.82 Å². The minimum atomic E-state index is -0.289. The summed E-state index contributed by atoms with van der Waals surface area (Å²) in [4.78, 5) is 11.9. The van der Waals surface area contributed by atoms with Crippen LogP contribution in [-0.4, -0.2) is 16.1 Å². The number of aryl methyl sites for hydroxylation is 1. The van der Waals surface area contributed by atoms with Crippen molar-refractivity contribution in [2.75, 3.05) is 11.1 Å². The van der Waals surface area contributed by atoms with Gasteiger partial charge in [-0.15, -0.1) is 5.10 Å². The van der Waals surface area contributed by atoms with Crippen LogP contribution in [0.2, 0.25) is 0 Å². The summed E-state index contributed by atoms with van der Waals surface area (Å²) >= 11 is 0. The van der Waals surface area contributed by atoms with E-state index in [0.717, 1.165) is 5.56 Å². The predicted molar refractivity (Wildman–Crippen MR) is 65.6 cm³/mol. The van der Waals surface area contributed by atoms with Crippen LogP contribution in [0, 0.1) is 6.92 Å². The molecule has 3 N–H and O–H groups in total. The number of nitrogen functional groups attached to an aromatic ring is 1. The van der Waals surface area contributed by atoms with Gasteiger partial charge in [-0.05, 0) is 36.8 Å². The molecule has 2 rings (SSSR count). The third kappa shape index (κ3) is 2.57. The van der Waals surface area contributed by atoms with E-state index >= 15 is 0 Å². The van der Waals surface area contributed by atoms with Gasteiger partial charge in [0.05, 0.1) is 5.56 Å². The molecule has 0 unspecified atom stereocenters. The van der Waals surface area contributed by atoms with Gasteiger partial charge < -0.3 is 11.1 Å². The normalized spacial score (nSPS) is 9.94. The number of nitrogens with one attached hydrogen (secondary N) is 1. The largest absolute Gasteiger partial charge is 0.398 e. The fourth-order valence-electron chi connectivity index (χ4n) is 1.44. The van der Waals surface area contributed by atoms with E-state index in [1.54, 1.807) is 24.3 Å². The van der Waals surface area contributed by atoms with Gasteiger partial charge >= 0.3 is 0 Å². The maximum atomic E-state index is 11.9. The zero-order valence-electron chi connectivity index (χ0n) is 9.34. The first kappa shape index (κ1) is 11.1. The van der Waals surface area contributed by atoms with Gasteiger partial charge in [-0.2, -0.15) is 5.10 Å². The van der Waals surface area contributed by atoms with Crippen LogP contribution in [0.5, 0.6) is 0 Å². The summed E-state index contributed by atoms with van der Waals surface area (Å²) in [5.74, 6) is 0.112. The first-order valence-corrected chi connectivity index (χ1v) is 5.12. The van der Waals surface area contributed by atoms with Crippen molar-refractivity contribution in [1.82, 2.24) is 10.2 Å². The van der Waals surface area contributed by atoms with Crippen molar-refractivity contribution >= 4 is 17.4 Å². The highest BCUT2D eigenvalue weighted by atomic mass is 16.1. The molecule has 0 saturated carbocycles. The lowest BCUT2D eigenvalue weighted by Gasteiger charge is -2.06. The molecule has 0 aliphatic heterocycles. The van der Waals surface area contributed by atoms with Gasteiger partial charge in [-0.25, -0.2) is 0 Å². The number of rotatable bonds is 2. The first-order valence-electron chi connectivity index (χ1n) is 5.12. The number of hydrogen-bond donors (Lipinski definition) is 2. The number of hydrogen-bond acceptors (Lipinski definition) is 4. The molecule has 1 aromatic carbocycles. The minimum Gasteiger partial charge on any atom is -0.398 e. The van der Waals surface area contributed by atoms with Gasteiger partial charge in [-0.1, -0.05) is 6.07 Å². The molecule has 0 aliphatic carbocycles. The molecule has 0 bridgehead atoms. The van der Waals surface area contributed by atoms with Crippen LogP contribution in [0.4, 0.5) is 11.5 Å². The Morgan fingerprint density at radius 1 is 1.35 bits per heavy atom. The molecule has 5 heteroatoms. The fraction of sp³-hybridized carbons (Fsp3) is 0.0833. The molecule has 0 aliphatic rings. The van der Waals surface area contributed by atoms with Crippen LogP contribution in [-0.2, 0) is 0 Å². The number of aromatic nitrogens is 2. The van der Waals surface area contributed by atoms with E-state index in [-0.39, 0.29) is 5.91 Å². The number of carbonyl (C=O) groups excluding carboxylic acids is 1. The Bertz CT molecular complexity index is 539. The van der Waals surface area contributed by atoms with E-state index in [4.69, 9.17) is 5.73 Å². The molecule has 1 heterocycles. The topological polar surface area (TPSA) is 80.9 Å². The molecule has 0 saturated heterocycles. The maximum Gasteiger partial charge on any atom is 0.258 e. The predicted octanol–water partition coefficient (Wildman–Crippen LogP) is 1.62. The molecule has 86 valence electrons. The number of benzene rings is 1. The zero-order valence-corrected chi connectivity index (χ0v) is 9.34. The Labute approximate surface area is 98.7 Å². The van der Waals surface area contributed by atoms with Crippen molar-refractivity contribution in [3.8, 4) is 0 Å². The molecule has 0 fully saturated rings. The van der Waals surface area contributed by atoms with E-state index in [1.165, 1.54) is 6.20 Å².